The van der Waals surface area contributed by atoms with Crippen LogP contribution in [0.3, 0.4) is 0 Å². The van der Waals surface area contributed by atoms with Crippen molar-refractivity contribution in [2.75, 3.05) is 25.5 Å². The van der Waals surface area contributed by atoms with Crippen molar-refractivity contribution in [2.45, 2.75) is 26.2 Å². The van der Waals surface area contributed by atoms with Crippen molar-refractivity contribution in [1.29, 1.82) is 0 Å². The second-order valence-electron chi connectivity index (χ2n) is 4.44. The van der Waals surface area contributed by atoms with Crippen LogP contribution in [0.1, 0.15) is 24.8 Å². The Bertz CT molecular complexity index is 407. The van der Waals surface area contributed by atoms with Crippen LogP contribution in [-0.4, -0.2) is 26.5 Å². The molecule has 0 fully saturated rings. The molecule has 1 rings (SSSR count). The molecule has 0 aliphatic carbocycles. The number of benzene rings is 1. The number of aryl methyl sites for hydroxylation is 1. The molecule has 0 aliphatic heterocycles. The maximum atomic E-state index is 12.0. The van der Waals surface area contributed by atoms with E-state index >= 15 is 0 Å². The van der Waals surface area contributed by atoms with Crippen LogP contribution in [0.4, 0.5) is 5.69 Å². The van der Waals surface area contributed by atoms with E-state index in [1.165, 1.54) is 0 Å². The Morgan fingerprint density at radius 2 is 2.11 bits per heavy atom. The minimum Gasteiger partial charge on any atom is -0.320 e. The van der Waals surface area contributed by atoms with Gasteiger partial charge in [-0.3, -0.25) is 4.79 Å². The molecule has 1 aromatic rings. The summed E-state index contributed by atoms with van der Waals surface area (Å²) in [5, 5.41) is 3.78. The zero-order valence-electron chi connectivity index (χ0n) is 11.3. The summed E-state index contributed by atoms with van der Waals surface area (Å²) >= 11 is 5.91. The van der Waals surface area contributed by atoms with Gasteiger partial charge in [-0.05, 0) is 57.1 Å². The third-order valence-corrected chi connectivity index (χ3v) is 3.20. The van der Waals surface area contributed by atoms with Gasteiger partial charge >= 0.3 is 0 Å². The third-order valence-electron chi connectivity index (χ3n) is 2.96. The maximum Gasteiger partial charge on any atom is 0.226 e. The highest BCUT2D eigenvalue weighted by molar-refractivity contribution is 6.30. The predicted molar refractivity (Wildman–Crippen MR) is 77.4 cm³/mol. The number of hydrogen-bond acceptors (Lipinski definition) is 2. The van der Waals surface area contributed by atoms with Crippen molar-refractivity contribution in [1.82, 2.24) is 5.32 Å². The first kappa shape index (κ1) is 15.0. The Kier molecular flexibility index (Phi) is 6.16. The van der Waals surface area contributed by atoms with E-state index in [-0.39, 0.29) is 5.91 Å². The molecule has 0 saturated heterocycles. The van der Waals surface area contributed by atoms with Gasteiger partial charge in [0.1, 0.15) is 0 Å². The van der Waals surface area contributed by atoms with Crippen LogP contribution in [0, 0.1) is 6.92 Å². The minimum absolute atomic E-state index is 0.150. The van der Waals surface area contributed by atoms with Crippen molar-refractivity contribution in [3.8, 4) is 0 Å². The number of nitrogens with zero attached hydrogens (tertiary/aromatic N) is 1. The molecule has 1 amide bonds. The molecule has 3 nitrogen and oxygen atoms in total. The highest BCUT2D eigenvalue weighted by Gasteiger charge is 2.12. The van der Waals surface area contributed by atoms with Gasteiger partial charge in [0.15, 0.2) is 0 Å². The minimum atomic E-state index is 0.150. The number of amides is 1. The Morgan fingerprint density at radius 3 is 2.72 bits per heavy atom. The van der Waals surface area contributed by atoms with E-state index in [4.69, 9.17) is 11.6 Å². The van der Waals surface area contributed by atoms with Gasteiger partial charge in [-0.1, -0.05) is 11.6 Å². The van der Waals surface area contributed by atoms with E-state index in [1.807, 2.05) is 39.2 Å². The number of carbonyl (C=O) groups is 1. The van der Waals surface area contributed by atoms with Crippen molar-refractivity contribution in [2.24, 2.45) is 0 Å². The smallest absolute Gasteiger partial charge is 0.226 e. The molecule has 1 aromatic carbocycles. The highest BCUT2D eigenvalue weighted by atomic mass is 35.5. The van der Waals surface area contributed by atoms with E-state index in [1.54, 1.807) is 4.90 Å². The monoisotopic (exact) mass is 268 g/mol. The molecule has 100 valence electrons. The van der Waals surface area contributed by atoms with Crippen molar-refractivity contribution >= 4 is 23.2 Å². The highest BCUT2D eigenvalue weighted by Crippen LogP contribution is 2.23. The van der Waals surface area contributed by atoms with Crippen molar-refractivity contribution in [3.63, 3.8) is 0 Å². The molecule has 0 spiro atoms. The zero-order chi connectivity index (χ0) is 13.5. The van der Waals surface area contributed by atoms with Gasteiger partial charge in [-0.2, -0.15) is 0 Å². The van der Waals surface area contributed by atoms with Crippen LogP contribution >= 0.6 is 11.6 Å². The molecular weight excluding hydrogens is 248 g/mol. The van der Waals surface area contributed by atoms with Gasteiger partial charge in [0.05, 0.1) is 0 Å². The fraction of sp³-hybridized carbons (Fsp3) is 0.500. The molecule has 0 atom stereocenters. The average Bonchev–Trinajstić information content (AvgIpc) is 2.33. The zero-order valence-corrected chi connectivity index (χ0v) is 12.0. The largest absolute Gasteiger partial charge is 0.320 e. The predicted octanol–water partition coefficient (Wildman–Crippen LogP) is 3.00. The van der Waals surface area contributed by atoms with Gasteiger partial charge in [0, 0.05) is 24.2 Å². The SMILES string of the molecule is CNCCCCC(=O)N(C)c1ccc(Cl)cc1C. The first-order valence-corrected chi connectivity index (χ1v) is 6.61. The molecule has 0 bridgehead atoms. The van der Waals surface area contributed by atoms with E-state index in [2.05, 4.69) is 5.32 Å². The molecule has 1 N–H and O–H groups in total. The molecular formula is C14H21ClN2O. The van der Waals surface area contributed by atoms with Gasteiger partial charge in [0.2, 0.25) is 5.91 Å². The van der Waals surface area contributed by atoms with E-state index in [9.17, 15) is 4.79 Å². The average molecular weight is 269 g/mol. The number of nitrogens with one attached hydrogen (secondary N) is 1. The third kappa shape index (κ3) is 4.31. The molecule has 0 saturated carbocycles. The molecule has 0 radical (unpaired) electrons. The summed E-state index contributed by atoms with van der Waals surface area (Å²) in [6, 6.07) is 5.58. The summed E-state index contributed by atoms with van der Waals surface area (Å²) in [6.45, 7) is 2.92. The van der Waals surface area contributed by atoms with Crippen LogP contribution in [0.5, 0.6) is 0 Å². The van der Waals surface area contributed by atoms with Crippen LogP contribution in [-0.2, 0) is 4.79 Å². The number of unbranched alkanes of at least 4 members (excludes halogenated alkanes) is 1. The summed E-state index contributed by atoms with van der Waals surface area (Å²) in [6.07, 6.45) is 2.52. The molecule has 0 aromatic heterocycles. The molecule has 4 heteroatoms. The Balaban J connectivity index is 2.57. The fourth-order valence-corrected chi connectivity index (χ4v) is 2.10. The number of hydrogen-bond donors (Lipinski definition) is 1. The van der Waals surface area contributed by atoms with Gasteiger partial charge in [-0.15, -0.1) is 0 Å². The lowest BCUT2D eigenvalue weighted by Crippen LogP contribution is -2.26. The standard InChI is InChI=1S/C14H21ClN2O/c1-11-10-12(15)7-8-13(11)17(3)14(18)6-4-5-9-16-2/h7-8,10,16H,4-6,9H2,1-3H3. The number of halogens is 1. The normalized spacial score (nSPS) is 10.4. The van der Waals surface area contributed by atoms with E-state index in [0.717, 1.165) is 30.6 Å². The second kappa shape index (κ2) is 7.39. The van der Waals surface area contributed by atoms with Gasteiger partial charge < -0.3 is 10.2 Å². The van der Waals surface area contributed by atoms with E-state index in [0.29, 0.717) is 11.4 Å². The lowest BCUT2D eigenvalue weighted by Gasteiger charge is -2.19. The topological polar surface area (TPSA) is 32.3 Å². The lowest BCUT2D eigenvalue weighted by atomic mass is 10.1. The molecule has 18 heavy (non-hydrogen) atoms. The fourth-order valence-electron chi connectivity index (χ4n) is 1.88. The Labute approximate surface area is 114 Å². The lowest BCUT2D eigenvalue weighted by molar-refractivity contribution is -0.118. The first-order valence-electron chi connectivity index (χ1n) is 6.23. The summed E-state index contributed by atoms with van der Waals surface area (Å²) in [7, 11) is 3.74. The molecule has 0 heterocycles. The van der Waals surface area contributed by atoms with Crippen LogP contribution in [0.25, 0.3) is 0 Å². The Morgan fingerprint density at radius 1 is 1.39 bits per heavy atom. The summed E-state index contributed by atoms with van der Waals surface area (Å²) in [5.41, 5.74) is 1.95. The van der Waals surface area contributed by atoms with Crippen LogP contribution < -0.4 is 10.2 Å². The number of rotatable bonds is 6. The number of carbonyl (C=O) groups excluding carboxylic acids is 1. The number of anilines is 1. The Hall–Kier alpha value is -1.06. The van der Waals surface area contributed by atoms with Crippen molar-refractivity contribution < 1.29 is 4.79 Å². The van der Waals surface area contributed by atoms with Gasteiger partial charge in [0.25, 0.3) is 0 Å². The molecule has 0 unspecified atom stereocenters. The van der Waals surface area contributed by atoms with Crippen LogP contribution in [0.15, 0.2) is 18.2 Å². The first-order chi connectivity index (χ1) is 8.56. The molecule has 0 aliphatic rings. The second-order valence-corrected chi connectivity index (χ2v) is 4.88. The summed E-state index contributed by atoms with van der Waals surface area (Å²) in [5.74, 6) is 0.150. The quantitative estimate of drug-likeness (QED) is 0.805. The van der Waals surface area contributed by atoms with Crippen LogP contribution in [0.2, 0.25) is 5.02 Å². The van der Waals surface area contributed by atoms with Gasteiger partial charge in [-0.25, -0.2) is 0 Å². The summed E-state index contributed by atoms with van der Waals surface area (Å²) in [4.78, 5) is 13.7. The maximum absolute atomic E-state index is 12.0. The summed E-state index contributed by atoms with van der Waals surface area (Å²) < 4.78 is 0. The van der Waals surface area contributed by atoms with Crippen molar-refractivity contribution in [3.05, 3.63) is 28.8 Å². The van der Waals surface area contributed by atoms with E-state index < -0.39 is 0 Å².